The quantitative estimate of drug-likeness (QED) is 0.637. The molecule has 1 rings (SSSR count). The second-order valence-corrected chi connectivity index (χ2v) is 5.86. The second-order valence-electron chi connectivity index (χ2n) is 5.86. The van der Waals surface area contributed by atoms with Crippen LogP contribution >= 0.6 is 0 Å². The average molecular weight is 199 g/mol. The molecule has 0 amide bonds. The van der Waals surface area contributed by atoms with E-state index in [2.05, 4.69) is 20.8 Å². The first-order valence-electron chi connectivity index (χ1n) is 5.84. The molecule has 3 N–H and O–H groups in total. The molecule has 14 heavy (non-hydrogen) atoms. The van der Waals surface area contributed by atoms with Crippen molar-refractivity contribution in [2.75, 3.05) is 0 Å². The molecular formula is C12H25NO. The van der Waals surface area contributed by atoms with Gasteiger partial charge in [-0.3, -0.25) is 0 Å². The van der Waals surface area contributed by atoms with E-state index in [1.165, 1.54) is 12.8 Å². The number of rotatable bonds is 1. The largest absolute Gasteiger partial charge is 0.388 e. The summed E-state index contributed by atoms with van der Waals surface area (Å²) in [5.74, 6) is 0. The molecule has 1 saturated carbocycles. The summed E-state index contributed by atoms with van der Waals surface area (Å²) < 4.78 is 0. The van der Waals surface area contributed by atoms with Crippen LogP contribution in [-0.4, -0.2) is 16.7 Å². The van der Waals surface area contributed by atoms with Gasteiger partial charge in [-0.05, 0) is 18.3 Å². The topological polar surface area (TPSA) is 46.2 Å². The lowest BCUT2D eigenvalue weighted by Gasteiger charge is -2.41. The van der Waals surface area contributed by atoms with Gasteiger partial charge in [0.05, 0.1) is 5.60 Å². The molecule has 0 radical (unpaired) electrons. The van der Waals surface area contributed by atoms with Crippen molar-refractivity contribution in [3.05, 3.63) is 0 Å². The standard InChI is InChI=1S/C12H25NO/c1-11(2,3)10(13)12(14)8-6-4-5-7-9-12/h10,14H,4-9,13H2,1-3H3/t10-/m1/s1. The van der Waals surface area contributed by atoms with Gasteiger partial charge in [-0.1, -0.05) is 46.5 Å². The predicted octanol–water partition coefficient (Wildman–Crippen LogP) is 2.45. The van der Waals surface area contributed by atoms with Crippen molar-refractivity contribution in [3.63, 3.8) is 0 Å². The maximum absolute atomic E-state index is 10.5. The first-order valence-corrected chi connectivity index (χ1v) is 5.84. The van der Waals surface area contributed by atoms with E-state index >= 15 is 0 Å². The number of aliphatic hydroxyl groups is 1. The lowest BCUT2D eigenvalue weighted by molar-refractivity contribution is -0.0328. The fourth-order valence-electron chi connectivity index (χ4n) is 2.46. The fraction of sp³-hybridized carbons (Fsp3) is 1.00. The van der Waals surface area contributed by atoms with Gasteiger partial charge < -0.3 is 10.8 Å². The molecule has 1 atom stereocenters. The Bertz CT molecular complexity index is 175. The van der Waals surface area contributed by atoms with E-state index in [1.54, 1.807) is 0 Å². The zero-order valence-corrected chi connectivity index (χ0v) is 9.84. The van der Waals surface area contributed by atoms with Gasteiger partial charge in [0, 0.05) is 6.04 Å². The molecule has 1 aliphatic rings. The molecule has 0 aromatic rings. The Hall–Kier alpha value is -0.0800. The van der Waals surface area contributed by atoms with Crippen LogP contribution < -0.4 is 5.73 Å². The van der Waals surface area contributed by atoms with Crippen LogP contribution in [0.3, 0.4) is 0 Å². The normalized spacial score (nSPS) is 25.5. The Morgan fingerprint density at radius 1 is 1.07 bits per heavy atom. The molecule has 1 aliphatic carbocycles. The minimum atomic E-state index is -0.616. The number of hydrogen-bond donors (Lipinski definition) is 2. The van der Waals surface area contributed by atoms with Gasteiger partial charge in [-0.2, -0.15) is 0 Å². The Labute approximate surface area is 87.9 Å². The summed E-state index contributed by atoms with van der Waals surface area (Å²) in [7, 11) is 0. The molecule has 0 saturated heterocycles. The van der Waals surface area contributed by atoms with E-state index in [9.17, 15) is 5.11 Å². The Kier molecular flexibility index (Phi) is 3.59. The van der Waals surface area contributed by atoms with Crippen molar-refractivity contribution in [2.24, 2.45) is 11.1 Å². The third kappa shape index (κ3) is 2.71. The molecule has 0 aliphatic heterocycles. The van der Waals surface area contributed by atoms with E-state index in [4.69, 9.17) is 5.73 Å². The smallest absolute Gasteiger partial charge is 0.0803 e. The minimum absolute atomic E-state index is 0.000903. The summed E-state index contributed by atoms with van der Waals surface area (Å²) in [6, 6.07) is -0.104. The van der Waals surface area contributed by atoms with Gasteiger partial charge in [0.25, 0.3) is 0 Å². The third-order valence-electron chi connectivity index (χ3n) is 3.48. The monoisotopic (exact) mass is 199 g/mol. The van der Waals surface area contributed by atoms with Crippen molar-refractivity contribution >= 4 is 0 Å². The fourth-order valence-corrected chi connectivity index (χ4v) is 2.46. The summed E-state index contributed by atoms with van der Waals surface area (Å²) >= 11 is 0. The SMILES string of the molecule is CC(C)(C)[C@@H](N)C1(O)CCCCCC1. The molecule has 84 valence electrons. The van der Waals surface area contributed by atoms with Crippen molar-refractivity contribution in [1.82, 2.24) is 0 Å². The Morgan fingerprint density at radius 2 is 1.50 bits per heavy atom. The van der Waals surface area contributed by atoms with Gasteiger partial charge >= 0.3 is 0 Å². The van der Waals surface area contributed by atoms with Crippen molar-refractivity contribution in [2.45, 2.75) is 70.9 Å². The first-order chi connectivity index (χ1) is 6.36. The highest BCUT2D eigenvalue weighted by Crippen LogP contribution is 2.35. The van der Waals surface area contributed by atoms with E-state index < -0.39 is 5.60 Å². The van der Waals surface area contributed by atoms with Crippen molar-refractivity contribution in [3.8, 4) is 0 Å². The van der Waals surface area contributed by atoms with Gasteiger partial charge in [-0.25, -0.2) is 0 Å². The van der Waals surface area contributed by atoms with Crippen LogP contribution in [0, 0.1) is 5.41 Å². The van der Waals surface area contributed by atoms with Gasteiger partial charge in [-0.15, -0.1) is 0 Å². The van der Waals surface area contributed by atoms with E-state index in [0.29, 0.717) is 0 Å². The van der Waals surface area contributed by atoms with Crippen LogP contribution in [0.4, 0.5) is 0 Å². The van der Waals surface area contributed by atoms with Crippen LogP contribution in [0.2, 0.25) is 0 Å². The van der Waals surface area contributed by atoms with Crippen LogP contribution in [0.1, 0.15) is 59.3 Å². The first kappa shape index (κ1) is 12.0. The molecule has 0 aromatic heterocycles. The van der Waals surface area contributed by atoms with Crippen LogP contribution in [0.25, 0.3) is 0 Å². The molecule has 2 nitrogen and oxygen atoms in total. The van der Waals surface area contributed by atoms with Crippen LogP contribution in [-0.2, 0) is 0 Å². The van der Waals surface area contributed by atoms with Gasteiger partial charge in [0.1, 0.15) is 0 Å². The van der Waals surface area contributed by atoms with Gasteiger partial charge in [0.15, 0.2) is 0 Å². The van der Waals surface area contributed by atoms with E-state index in [1.807, 2.05) is 0 Å². The highest BCUT2D eigenvalue weighted by molar-refractivity contribution is 4.96. The lowest BCUT2D eigenvalue weighted by atomic mass is 9.73. The molecule has 0 heterocycles. The summed E-state index contributed by atoms with van der Waals surface area (Å²) in [6.07, 6.45) is 6.51. The molecule has 0 unspecified atom stereocenters. The molecule has 1 fully saturated rings. The number of hydrogen-bond acceptors (Lipinski definition) is 2. The molecular weight excluding hydrogens is 174 g/mol. The molecule has 0 spiro atoms. The van der Waals surface area contributed by atoms with E-state index in [-0.39, 0.29) is 11.5 Å². The van der Waals surface area contributed by atoms with E-state index in [0.717, 1.165) is 25.7 Å². The third-order valence-corrected chi connectivity index (χ3v) is 3.48. The van der Waals surface area contributed by atoms with Crippen LogP contribution in [0.5, 0.6) is 0 Å². The summed E-state index contributed by atoms with van der Waals surface area (Å²) in [5, 5.41) is 10.5. The van der Waals surface area contributed by atoms with Gasteiger partial charge in [0.2, 0.25) is 0 Å². The number of nitrogens with two attached hydrogens (primary N) is 1. The highest BCUT2D eigenvalue weighted by Gasteiger charge is 2.40. The van der Waals surface area contributed by atoms with Crippen molar-refractivity contribution < 1.29 is 5.11 Å². The second kappa shape index (κ2) is 4.19. The summed E-state index contributed by atoms with van der Waals surface area (Å²) in [6.45, 7) is 6.33. The zero-order chi connectivity index (χ0) is 10.8. The summed E-state index contributed by atoms with van der Waals surface area (Å²) in [5.41, 5.74) is 5.56. The van der Waals surface area contributed by atoms with Crippen LogP contribution in [0.15, 0.2) is 0 Å². The lowest BCUT2D eigenvalue weighted by Crippen LogP contribution is -2.54. The zero-order valence-electron chi connectivity index (χ0n) is 9.84. The minimum Gasteiger partial charge on any atom is -0.388 e. The average Bonchev–Trinajstić information content (AvgIpc) is 2.28. The Morgan fingerprint density at radius 3 is 1.86 bits per heavy atom. The highest BCUT2D eigenvalue weighted by atomic mass is 16.3. The summed E-state index contributed by atoms with van der Waals surface area (Å²) in [4.78, 5) is 0. The maximum atomic E-state index is 10.5. The van der Waals surface area contributed by atoms with Crippen molar-refractivity contribution in [1.29, 1.82) is 0 Å². The molecule has 0 aromatic carbocycles. The molecule has 2 heteroatoms. The Balaban J connectivity index is 2.70. The molecule has 0 bridgehead atoms. The maximum Gasteiger partial charge on any atom is 0.0803 e. The predicted molar refractivity (Wildman–Crippen MR) is 60.1 cm³/mol.